The second kappa shape index (κ2) is 6.75. The number of methoxy groups -OCH3 is 1. The van der Waals surface area contributed by atoms with Crippen molar-refractivity contribution in [2.75, 3.05) is 12.4 Å². The van der Waals surface area contributed by atoms with Gasteiger partial charge < -0.3 is 10.1 Å². The molecule has 1 N–H and O–H groups in total. The summed E-state index contributed by atoms with van der Waals surface area (Å²) in [6.45, 7) is 4.82. The largest absolute Gasteiger partial charge is 0.497 e. The van der Waals surface area contributed by atoms with Crippen LogP contribution in [0.5, 0.6) is 5.75 Å². The molecular formula is C16H19BrN2O. The van der Waals surface area contributed by atoms with E-state index in [0.29, 0.717) is 6.54 Å². The van der Waals surface area contributed by atoms with Crippen molar-refractivity contribution in [1.82, 2.24) is 4.98 Å². The smallest absolute Gasteiger partial charge is 0.122 e. The topological polar surface area (TPSA) is 34.1 Å². The predicted molar refractivity (Wildman–Crippen MR) is 86.4 cm³/mol. The lowest BCUT2D eigenvalue weighted by molar-refractivity contribution is 0.413. The van der Waals surface area contributed by atoms with Crippen LogP contribution in [-0.4, -0.2) is 12.1 Å². The molecule has 0 fully saturated rings. The molecule has 0 aliphatic carbocycles. The molecule has 0 radical (unpaired) electrons. The van der Waals surface area contributed by atoms with Gasteiger partial charge in [-0.05, 0) is 37.1 Å². The van der Waals surface area contributed by atoms with Crippen LogP contribution >= 0.6 is 15.9 Å². The molecule has 2 aromatic rings. The Morgan fingerprint density at radius 3 is 2.75 bits per heavy atom. The number of anilines is 1. The van der Waals surface area contributed by atoms with Gasteiger partial charge >= 0.3 is 0 Å². The molecule has 3 nitrogen and oxygen atoms in total. The Hall–Kier alpha value is -1.55. The molecule has 1 heterocycles. The van der Waals surface area contributed by atoms with Gasteiger partial charge in [0.1, 0.15) is 5.75 Å². The Morgan fingerprint density at radius 1 is 1.25 bits per heavy atom. The van der Waals surface area contributed by atoms with Crippen molar-refractivity contribution in [3.05, 3.63) is 51.8 Å². The normalized spacial score (nSPS) is 10.4. The second-order valence-electron chi connectivity index (χ2n) is 4.65. The SMILES string of the molecule is CCc1cc(Br)ccc1NCc1cc(OC)cc(C)n1. The molecule has 0 amide bonds. The number of aryl methyl sites for hydroxylation is 2. The van der Waals surface area contributed by atoms with E-state index in [2.05, 4.69) is 45.3 Å². The van der Waals surface area contributed by atoms with E-state index in [1.54, 1.807) is 7.11 Å². The number of nitrogens with zero attached hydrogens (tertiary/aromatic N) is 1. The molecular weight excluding hydrogens is 316 g/mol. The van der Waals surface area contributed by atoms with Crippen LogP contribution < -0.4 is 10.1 Å². The summed E-state index contributed by atoms with van der Waals surface area (Å²) in [5.74, 6) is 0.848. The number of pyridine rings is 1. The van der Waals surface area contributed by atoms with Crippen molar-refractivity contribution in [3.63, 3.8) is 0 Å². The summed E-state index contributed by atoms with van der Waals surface area (Å²) >= 11 is 3.50. The molecule has 106 valence electrons. The van der Waals surface area contributed by atoms with E-state index in [1.165, 1.54) is 5.56 Å². The van der Waals surface area contributed by atoms with Gasteiger partial charge in [-0.1, -0.05) is 22.9 Å². The third-order valence-corrected chi connectivity index (χ3v) is 3.62. The molecule has 0 aliphatic rings. The van der Waals surface area contributed by atoms with Crippen LogP contribution in [0.1, 0.15) is 23.9 Å². The van der Waals surface area contributed by atoms with Crippen LogP contribution in [0.15, 0.2) is 34.8 Å². The number of halogens is 1. The van der Waals surface area contributed by atoms with Crippen molar-refractivity contribution in [3.8, 4) is 5.75 Å². The van der Waals surface area contributed by atoms with Gasteiger partial charge in [-0.3, -0.25) is 4.98 Å². The van der Waals surface area contributed by atoms with Gasteiger partial charge in [0.15, 0.2) is 0 Å². The fourth-order valence-electron chi connectivity index (χ4n) is 2.12. The molecule has 0 saturated carbocycles. The summed E-state index contributed by atoms with van der Waals surface area (Å²) in [7, 11) is 1.68. The monoisotopic (exact) mass is 334 g/mol. The molecule has 0 unspecified atom stereocenters. The lowest BCUT2D eigenvalue weighted by atomic mass is 10.1. The van der Waals surface area contributed by atoms with Gasteiger partial charge in [-0.15, -0.1) is 0 Å². The zero-order chi connectivity index (χ0) is 14.5. The number of ether oxygens (including phenoxy) is 1. The van der Waals surface area contributed by atoms with E-state index in [-0.39, 0.29) is 0 Å². The number of rotatable bonds is 5. The Bertz CT molecular complexity index is 599. The number of aromatic nitrogens is 1. The Balaban J connectivity index is 2.14. The first-order valence-electron chi connectivity index (χ1n) is 6.66. The minimum atomic E-state index is 0.687. The molecule has 0 saturated heterocycles. The van der Waals surface area contributed by atoms with Crippen LogP contribution in [-0.2, 0) is 13.0 Å². The van der Waals surface area contributed by atoms with Crippen molar-refractivity contribution in [2.24, 2.45) is 0 Å². The Labute approximate surface area is 128 Å². The summed E-state index contributed by atoms with van der Waals surface area (Å²) in [6.07, 6.45) is 0.992. The standard InChI is InChI=1S/C16H19BrN2O/c1-4-12-8-13(17)5-6-16(12)18-10-14-9-15(20-3)7-11(2)19-14/h5-9,18H,4,10H2,1-3H3. The van der Waals surface area contributed by atoms with Crippen molar-refractivity contribution < 1.29 is 4.74 Å². The average Bonchev–Trinajstić information content (AvgIpc) is 2.45. The Morgan fingerprint density at radius 2 is 2.05 bits per heavy atom. The highest BCUT2D eigenvalue weighted by Gasteiger charge is 2.04. The van der Waals surface area contributed by atoms with Gasteiger partial charge in [-0.25, -0.2) is 0 Å². The molecule has 0 aliphatic heterocycles. The highest BCUT2D eigenvalue weighted by atomic mass is 79.9. The molecule has 0 atom stereocenters. The van der Waals surface area contributed by atoms with E-state index < -0.39 is 0 Å². The summed E-state index contributed by atoms with van der Waals surface area (Å²) in [5, 5.41) is 3.45. The number of hydrogen-bond donors (Lipinski definition) is 1. The van der Waals surface area contributed by atoms with Crippen molar-refractivity contribution >= 4 is 21.6 Å². The van der Waals surface area contributed by atoms with Gasteiger partial charge in [0, 0.05) is 28.0 Å². The van der Waals surface area contributed by atoms with Gasteiger partial charge in [0.25, 0.3) is 0 Å². The van der Waals surface area contributed by atoms with Crippen LogP contribution in [0, 0.1) is 6.92 Å². The molecule has 1 aromatic carbocycles. The lowest BCUT2D eigenvalue weighted by Gasteiger charge is -2.12. The molecule has 4 heteroatoms. The van der Waals surface area contributed by atoms with Crippen LogP contribution in [0.25, 0.3) is 0 Å². The second-order valence-corrected chi connectivity index (χ2v) is 5.56. The maximum atomic E-state index is 5.27. The van der Waals surface area contributed by atoms with E-state index in [9.17, 15) is 0 Å². The fraction of sp³-hybridized carbons (Fsp3) is 0.312. The van der Waals surface area contributed by atoms with Crippen LogP contribution in [0.2, 0.25) is 0 Å². The predicted octanol–water partition coefficient (Wildman–Crippen LogP) is 4.34. The summed E-state index contributed by atoms with van der Waals surface area (Å²) in [6, 6.07) is 10.2. The first-order chi connectivity index (χ1) is 9.62. The Kier molecular flexibility index (Phi) is 5.01. The zero-order valence-electron chi connectivity index (χ0n) is 12.0. The minimum Gasteiger partial charge on any atom is -0.497 e. The van der Waals surface area contributed by atoms with Gasteiger partial charge in [0.05, 0.1) is 19.3 Å². The highest BCUT2D eigenvalue weighted by molar-refractivity contribution is 9.10. The summed E-state index contributed by atoms with van der Waals surface area (Å²) in [5.41, 5.74) is 4.39. The summed E-state index contributed by atoms with van der Waals surface area (Å²) in [4.78, 5) is 4.52. The fourth-order valence-corrected chi connectivity index (χ4v) is 2.53. The van der Waals surface area contributed by atoms with Crippen molar-refractivity contribution in [2.45, 2.75) is 26.8 Å². The van der Waals surface area contributed by atoms with Crippen LogP contribution in [0.3, 0.4) is 0 Å². The number of hydrogen-bond acceptors (Lipinski definition) is 3. The maximum absolute atomic E-state index is 5.27. The molecule has 0 bridgehead atoms. The molecule has 1 aromatic heterocycles. The minimum absolute atomic E-state index is 0.687. The van der Waals surface area contributed by atoms with E-state index in [4.69, 9.17) is 4.74 Å². The molecule has 20 heavy (non-hydrogen) atoms. The third kappa shape index (κ3) is 3.73. The third-order valence-electron chi connectivity index (χ3n) is 3.12. The van der Waals surface area contributed by atoms with Gasteiger partial charge in [-0.2, -0.15) is 0 Å². The first-order valence-corrected chi connectivity index (χ1v) is 7.45. The van der Waals surface area contributed by atoms with Crippen molar-refractivity contribution in [1.29, 1.82) is 0 Å². The van der Waals surface area contributed by atoms with E-state index in [1.807, 2.05) is 25.1 Å². The first kappa shape index (κ1) is 14.9. The molecule has 0 spiro atoms. The maximum Gasteiger partial charge on any atom is 0.122 e. The van der Waals surface area contributed by atoms with E-state index in [0.717, 1.165) is 33.7 Å². The average molecular weight is 335 g/mol. The van der Waals surface area contributed by atoms with Gasteiger partial charge in [0.2, 0.25) is 0 Å². The quantitative estimate of drug-likeness (QED) is 0.883. The van der Waals surface area contributed by atoms with Crippen LogP contribution in [0.4, 0.5) is 5.69 Å². The van der Waals surface area contributed by atoms with E-state index >= 15 is 0 Å². The molecule has 2 rings (SSSR count). The highest BCUT2D eigenvalue weighted by Crippen LogP contribution is 2.22. The number of nitrogens with one attached hydrogen (secondary N) is 1. The number of benzene rings is 1. The summed E-state index contributed by atoms with van der Waals surface area (Å²) < 4.78 is 6.38. The lowest BCUT2D eigenvalue weighted by Crippen LogP contribution is -2.05. The zero-order valence-corrected chi connectivity index (χ0v) is 13.6.